The second kappa shape index (κ2) is 8.26. The molecule has 1 aromatic carbocycles. The standard InChI is InChI=1S/C15H23FN2O3S/c1-5-18(10-14(16)11-21-17-12(2)3)22(19,20)15-8-6-13(4)7-9-15/h6-9,14,17H,2,5,10-11H2,1,3-4H3. The van der Waals surface area contributed by atoms with Crippen molar-refractivity contribution in [2.45, 2.75) is 31.8 Å². The van der Waals surface area contributed by atoms with Crippen molar-refractivity contribution in [2.75, 3.05) is 19.7 Å². The molecule has 0 aliphatic heterocycles. The van der Waals surface area contributed by atoms with E-state index < -0.39 is 16.2 Å². The molecule has 0 bridgehead atoms. The molecule has 1 N–H and O–H groups in total. The van der Waals surface area contributed by atoms with E-state index in [1.54, 1.807) is 26.0 Å². The second-order valence-electron chi connectivity index (χ2n) is 5.06. The molecule has 0 spiro atoms. The predicted molar refractivity (Wildman–Crippen MR) is 84.4 cm³/mol. The molecule has 0 saturated heterocycles. The van der Waals surface area contributed by atoms with Crippen molar-refractivity contribution in [2.24, 2.45) is 0 Å². The van der Waals surface area contributed by atoms with Gasteiger partial charge in [-0.3, -0.25) is 10.3 Å². The van der Waals surface area contributed by atoms with Crippen LogP contribution in [0.1, 0.15) is 19.4 Å². The van der Waals surface area contributed by atoms with Crippen LogP contribution in [0.5, 0.6) is 0 Å². The van der Waals surface area contributed by atoms with Gasteiger partial charge in [0.05, 0.1) is 4.90 Å². The summed E-state index contributed by atoms with van der Waals surface area (Å²) in [6.45, 7) is 8.44. The number of aryl methyl sites for hydroxylation is 1. The lowest BCUT2D eigenvalue weighted by Crippen LogP contribution is -2.38. The van der Waals surface area contributed by atoms with Crippen molar-refractivity contribution in [3.05, 3.63) is 42.1 Å². The van der Waals surface area contributed by atoms with Crippen LogP contribution in [0.4, 0.5) is 4.39 Å². The Labute approximate surface area is 131 Å². The summed E-state index contributed by atoms with van der Waals surface area (Å²) < 4.78 is 40.0. The SMILES string of the molecule is C=C(C)NOCC(F)CN(CC)S(=O)(=O)c1ccc(C)cc1. The topological polar surface area (TPSA) is 58.6 Å². The van der Waals surface area contributed by atoms with Crippen LogP contribution < -0.4 is 5.48 Å². The van der Waals surface area contributed by atoms with Gasteiger partial charge in [-0.15, -0.1) is 0 Å². The molecule has 7 heteroatoms. The highest BCUT2D eigenvalue weighted by Crippen LogP contribution is 2.17. The summed E-state index contributed by atoms with van der Waals surface area (Å²) in [5.41, 5.74) is 3.95. The molecular formula is C15H23FN2O3S. The largest absolute Gasteiger partial charge is 0.273 e. The van der Waals surface area contributed by atoms with E-state index in [1.807, 2.05) is 6.92 Å². The summed E-state index contributed by atoms with van der Waals surface area (Å²) in [6, 6.07) is 6.49. The lowest BCUT2D eigenvalue weighted by Gasteiger charge is -2.22. The van der Waals surface area contributed by atoms with Crippen LogP contribution in [0, 0.1) is 6.92 Å². The first-order valence-electron chi connectivity index (χ1n) is 7.01. The van der Waals surface area contributed by atoms with Gasteiger partial charge in [0, 0.05) is 18.8 Å². The highest BCUT2D eigenvalue weighted by Gasteiger charge is 2.26. The van der Waals surface area contributed by atoms with Gasteiger partial charge in [0.25, 0.3) is 0 Å². The maximum Gasteiger partial charge on any atom is 0.243 e. The number of halogens is 1. The number of alkyl halides is 1. The minimum Gasteiger partial charge on any atom is -0.273 e. The number of sulfonamides is 1. The molecule has 5 nitrogen and oxygen atoms in total. The Morgan fingerprint density at radius 1 is 1.41 bits per heavy atom. The van der Waals surface area contributed by atoms with Crippen molar-refractivity contribution < 1.29 is 17.6 Å². The summed E-state index contributed by atoms with van der Waals surface area (Å²) in [7, 11) is -3.70. The molecule has 22 heavy (non-hydrogen) atoms. The molecule has 1 rings (SSSR count). The van der Waals surface area contributed by atoms with E-state index in [9.17, 15) is 12.8 Å². The first-order chi connectivity index (χ1) is 10.3. The van der Waals surface area contributed by atoms with E-state index in [1.165, 1.54) is 12.1 Å². The maximum absolute atomic E-state index is 13.9. The molecular weight excluding hydrogens is 307 g/mol. The Morgan fingerprint density at radius 2 is 2.00 bits per heavy atom. The smallest absolute Gasteiger partial charge is 0.243 e. The number of benzene rings is 1. The summed E-state index contributed by atoms with van der Waals surface area (Å²) in [6.07, 6.45) is -1.44. The number of nitrogens with zero attached hydrogens (tertiary/aromatic N) is 1. The fourth-order valence-corrected chi connectivity index (χ4v) is 3.26. The molecule has 0 saturated carbocycles. The van der Waals surface area contributed by atoms with Gasteiger partial charge in [-0.05, 0) is 26.0 Å². The number of rotatable bonds is 9. The van der Waals surface area contributed by atoms with E-state index in [2.05, 4.69) is 12.1 Å². The first kappa shape index (κ1) is 18.6. The van der Waals surface area contributed by atoms with Crippen LogP contribution >= 0.6 is 0 Å². The van der Waals surface area contributed by atoms with Gasteiger partial charge in [0.1, 0.15) is 12.8 Å². The fourth-order valence-electron chi connectivity index (χ4n) is 1.79. The van der Waals surface area contributed by atoms with E-state index in [-0.39, 0.29) is 24.6 Å². The maximum atomic E-state index is 13.9. The van der Waals surface area contributed by atoms with Gasteiger partial charge < -0.3 is 0 Å². The Bertz CT molecular complexity index is 587. The van der Waals surface area contributed by atoms with Crippen LogP contribution in [0.25, 0.3) is 0 Å². The predicted octanol–water partition coefficient (Wildman–Crippen LogP) is 2.40. The van der Waals surface area contributed by atoms with Crippen molar-refractivity contribution in [3.8, 4) is 0 Å². The third-order valence-corrected chi connectivity index (χ3v) is 4.88. The quantitative estimate of drug-likeness (QED) is 0.706. The zero-order valence-electron chi connectivity index (χ0n) is 13.2. The van der Waals surface area contributed by atoms with Crippen LogP contribution in [0.15, 0.2) is 41.4 Å². The van der Waals surface area contributed by atoms with E-state index >= 15 is 0 Å². The highest BCUT2D eigenvalue weighted by atomic mass is 32.2. The Kier molecular flexibility index (Phi) is 6.99. The van der Waals surface area contributed by atoms with Gasteiger partial charge in [-0.25, -0.2) is 12.8 Å². The van der Waals surface area contributed by atoms with Gasteiger partial charge >= 0.3 is 0 Å². The molecule has 0 fully saturated rings. The molecule has 124 valence electrons. The number of hydroxylamine groups is 1. The molecule has 0 aliphatic rings. The zero-order chi connectivity index (χ0) is 16.8. The minimum atomic E-state index is -3.70. The minimum absolute atomic E-state index is 0.160. The zero-order valence-corrected chi connectivity index (χ0v) is 14.0. The van der Waals surface area contributed by atoms with Crippen LogP contribution in [-0.4, -0.2) is 38.6 Å². The average molecular weight is 330 g/mol. The second-order valence-corrected chi connectivity index (χ2v) is 7.00. The molecule has 1 atom stereocenters. The number of hydrogen-bond acceptors (Lipinski definition) is 4. The van der Waals surface area contributed by atoms with Crippen LogP contribution in [0.3, 0.4) is 0 Å². The Balaban J connectivity index is 2.73. The summed E-state index contributed by atoms with van der Waals surface area (Å²) in [4.78, 5) is 5.05. The fraction of sp³-hybridized carbons (Fsp3) is 0.467. The molecule has 1 unspecified atom stereocenters. The molecule has 0 amide bonds. The van der Waals surface area contributed by atoms with Crippen molar-refractivity contribution in [3.63, 3.8) is 0 Å². The van der Waals surface area contributed by atoms with Crippen molar-refractivity contribution in [1.29, 1.82) is 0 Å². The summed E-state index contributed by atoms with van der Waals surface area (Å²) >= 11 is 0. The van der Waals surface area contributed by atoms with E-state index in [0.717, 1.165) is 9.87 Å². The lowest BCUT2D eigenvalue weighted by molar-refractivity contribution is 0.0203. The Morgan fingerprint density at radius 3 is 2.50 bits per heavy atom. The molecule has 0 radical (unpaired) electrons. The lowest BCUT2D eigenvalue weighted by atomic mass is 10.2. The number of hydrogen-bond donors (Lipinski definition) is 1. The van der Waals surface area contributed by atoms with Crippen LogP contribution in [0.2, 0.25) is 0 Å². The third-order valence-electron chi connectivity index (χ3n) is 2.92. The number of nitrogens with one attached hydrogen (secondary N) is 1. The van der Waals surface area contributed by atoms with Crippen molar-refractivity contribution in [1.82, 2.24) is 9.79 Å². The third kappa shape index (κ3) is 5.40. The van der Waals surface area contributed by atoms with Gasteiger partial charge in [-0.1, -0.05) is 31.2 Å². The van der Waals surface area contributed by atoms with Crippen LogP contribution in [-0.2, 0) is 14.9 Å². The molecule has 0 heterocycles. The number of allylic oxidation sites excluding steroid dienone is 1. The van der Waals surface area contributed by atoms with Crippen molar-refractivity contribution >= 4 is 10.0 Å². The van der Waals surface area contributed by atoms with Gasteiger partial charge in [0.15, 0.2) is 0 Å². The molecule has 1 aromatic rings. The molecule has 0 aliphatic carbocycles. The highest BCUT2D eigenvalue weighted by molar-refractivity contribution is 7.89. The summed E-state index contributed by atoms with van der Waals surface area (Å²) in [5, 5.41) is 0. The molecule has 0 aromatic heterocycles. The first-order valence-corrected chi connectivity index (χ1v) is 8.45. The van der Waals surface area contributed by atoms with E-state index in [0.29, 0.717) is 5.70 Å². The summed E-state index contributed by atoms with van der Waals surface area (Å²) in [5.74, 6) is 0. The average Bonchev–Trinajstić information content (AvgIpc) is 2.44. The van der Waals surface area contributed by atoms with E-state index in [4.69, 9.17) is 4.84 Å². The normalized spacial score (nSPS) is 13.1. The monoisotopic (exact) mass is 330 g/mol. The Hall–Kier alpha value is -1.44. The van der Waals surface area contributed by atoms with Gasteiger partial charge in [0.2, 0.25) is 10.0 Å². The van der Waals surface area contributed by atoms with Gasteiger partial charge in [-0.2, -0.15) is 4.31 Å².